The minimum atomic E-state index is 0.545. The van der Waals surface area contributed by atoms with Crippen LogP contribution < -0.4 is 0 Å². The summed E-state index contributed by atoms with van der Waals surface area (Å²) in [7, 11) is 0. The van der Waals surface area contributed by atoms with Gasteiger partial charge in [0.05, 0.1) is 6.61 Å². The molecule has 1 aliphatic heterocycles. The quantitative estimate of drug-likeness (QED) is 0.503. The summed E-state index contributed by atoms with van der Waals surface area (Å²) in [5.74, 6) is 0. The summed E-state index contributed by atoms with van der Waals surface area (Å²) in [5, 5.41) is 0. The van der Waals surface area contributed by atoms with Crippen molar-refractivity contribution in [2.24, 2.45) is 5.41 Å². The van der Waals surface area contributed by atoms with E-state index in [9.17, 15) is 0 Å². The summed E-state index contributed by atoms with van der Waals surface area (Å²) in [5.41, 5.74) is 3.78. The molecule has 0 saturated carbocycles. The SMILES string of the molecule is CC1=C(C)CC2(CCOC2)CC1. The fraction of sp³-hybridized carbons (Fsp3) is 0.818. The third kappa shape index (κ3) is 1.31. The lowest BCUT2D eigenvalue weighted by Crippen LogP contribution is -2.24. The van der Waals surface area contributed by atoms with E-state index >= 15 is 0 Å². The van der Waals surface area contributed by atoms with Crippen LogP contribution in [0.4, 0.5) is 0 Å². The molecule has 1 fully saturated rings. The van der Waals surface area contributed by atoms with Gasteiger partial charge >= 0.3 is 0 Å². The van der Waals surface area contributed by atoms with Crippen molar-refractivity contribution in [2.45, 2.75) is 39.5 Å². The predicted molar refractivity (Wildman–Crippen MR) is 50.1 cm³/mol. The van der Waals surface area contributed by atoms with Gasteiger partial charge in [-0.25, -0.2) is 0 Å². The first-order valence-electron chi connectivity index (χ1n) is 4.95. The molecule has 1 spiro atoms. The highest BCUT2D eigenvalue weighted by molar-refractivity contribution is 5.17. The molecule has 0 aromatic heterocycles. The summed E-state index contributed by atoms with van der Waals surface area (Å²) in [4.78, 5) is 0. The lowest BCUT2D eigenvalue weighted by molar-refractivity contribution is 0.142. The van der Waals surface area contributed by atoms with Gasteiger partial charge in [0.15, 0.2) is 0 Å². The summed E-state index contributed by atoms with van der Waals surface area (Å²) < 4.78 is 5.50. The zero-order valence-electron chi connectivity index (χ0n) is 8.15. The highest BCUT2D eigenvalue weighted by Gasteiger charge is 2.36. The highest BCUT2D eigenvalue weighted by Crippen LogP contribution is 2.44. The van der Waals surface area contributed by atoms with Crippen LogP contribution in [0.5, 0.6) is 0 Å². The maximum absolute atomic E-state index is 5.50. The van der Waals surface area contributed by atoms with Crippen LogP contribution in [0.3, 0.4) is 0 Å². The summed E-state index contributed by atoms with van der Waals surface area (Å²) in [6, 6.07) is 0. The first-order valence-corrected chi connectivity index (χ1v) is 4.95. The first kappa shape index (κ1) is 8.31. The average Bonchev–Trinajstić information content (AvgIpc) is 2.47. The predicted octanol–water partition coefficient (Wildman–Crippen LogP) is 2.91. The Kier molecular flexibility index (Phi) is 1.99. The van der Waals surface area contributed by atoms with Gasteiger partial charge in [-0.2, -0.15) is 0 Å². The van der Waals surface area contributed by atoms with Crippen LogP contribution in [0.15, 0.2) is 11.1 Å². The Bertz CT molecular complexity index is 209. The van der Waals surface area contributed by atoms with Gasteiger partial charge in [-0.05, 0) is 44.9 Å². The topological polar surface area (TPSA) is 9.23 Å². The van der Waals surface area contributed by atoms with Crippen LogP contribution in [0.1, 0.15) is 39.5 Å². The molecule has 0 aromatic carbocycles. The molecule has 0 N–H and O–H groups in total. The zero-order chi connectivity index (χ0) is 8.60. The van der Waals surface area contributed by atoms with Crippen molar-refractivity contribution in [3.63, 3.8) is 0 Å². The standard InChI is InChI=1S/C11H18O/c1-9-3-4-11(7-10(9)2)5-6-12-8-11/h3-8H2,1-2H3. The average molecular weight is 166 g/mol. The molecule has 1 atom stereocenters. The van der Waals surface area contributed by atoms with E-state index in [1.807, 2.05) is 0 Å². The maximum atomic E-state index is 5.50. The second-order valence-corrected chi connectivity index (χ2v) is 4.54. The molecule has 1 unspecified atom stereocenters. The lowest BCUT2D eigenvalue weighted by atomic mass is 9.72. The monoisotopic (exact) mass is 166 g/mol. The van der Waals surface area contributed by atoms with Gasteiger partial charge in [0.2, 0.25) is 0 Å². The number of hydrogen-bond donors (Lipinski definition) is 0. The number of hydrogen-bond acceptors (Lipinski definition) is 1. The van der Waals surface area contributed by atoms with Crippen LogP contribution in [-0.4, -0.2) is 13.2 Å². The smallest absolute Gasteiger partial charge is 0.0526 e. The molecule has 0 radical (unpaired) electrons. The van der Waals surface area contributed by atoms with Crippen LogP contribution in [-0.2, 0) is 4.74 Å². The van der Waals surface area contributed by atoms with E-state index in [1.54, 1.807) is 11.1 Å². The van der Waals surface area contributed by atoms with Gasteiger partial charge in [-0.15, -0.1) is 0 Å². The van der Waals surface area contributed by atoms with Crippen LogP contribution in [0.25, 0.3) is 0 Å². The Morgan fingerprint density at radius 1 is 1.17 bits per heavy atom. The van der Waals surface area contributed by atoms with Gasteiger partial charge in [0, 0.05) is 6.61 Å². The molecule has 2 rings (SSSR count). The molecule has 1 heterocycles. The van der Waals surface area contributed by atoms with Gasteiger partial charge in [0.25, 0.3) is 0 Å². The van der Waals surface area contributed by atoms with Crippen molar-refractivity contribution in [3.8, 4) is 0 Å². The zero-order valence-corrected chi connectivity index (χ0v) is 8.15. The summed E-state index contributed by atoms with van der Waals surface area (Å²) in [6.07, 6.45) is 5.24. The van der Waals surface area contributed by atoms with Gasteiger partial charge in [-0.1, -0.05) is 11.1 Å². The molecule has 1 saturated heterocycles. The number of allylic oxidation sites excluding steroid dienone is 2. The molecule has 0 amide bonds. The number of ether oxygens (including phenoxy) is 1. The summed E-state index contributed by atoms with van der Waals surface area (Å²) in [6.45, 7) is 6.57. The molecule has 12 heavy (non-hydrogen) atoms. The van der Waals surface area contributed by atoms with E-state index in [1.165, 1.54) is 25.7 Å². The second-order valence-electron chi connectivity index (χ2n) is 4.54. The largest absolute Gasteiger partial charge is 0.381 e. The van der Waals surface area contributed by atoms with E-state index in [-0.39, 0.29) is 0 Å². The minimum Gasteiger partial charge on any atom is -0.381 e. The van der Waals surface area contributed by atoms with Gasteiger partial charge in [0.1, 0.15) is 0 Å². The molecule has 1 aliphatic carbocycles. The third-order valence-electron chi connectivity index (χ3n) is 3.58. The number of rotatable bonds is 0. The molecular formula is C11H18O. The van der Waals surface area contributed by atoms with E-state index in [0.717, 1.165) is 13.2 Å². The van der Waals surface area contributed by atoms with E-state index < -0.39 is 0 Å². The van der Waals surface area contributed by atoms with E-state index in [0.29, 0.717) is 5.41 Å². The molecule has 1 heteroatoms. The molecule has 1 nitrogen and oxygen atoms in total. The molecular weight excluding hydrogens is 148 g/mol. The Balaban J connectivity index is 2.13. The van der Waals surface area contributed by atoms with Crippen molar-refractivity contribution in [3.05, 3.63) is 11.1 Å². The minimum absolute atomic E-state index is 0.545. The Morgan fingerprint density at radius 2 is 2.00 bits per heavy atom. The molecule has 2 aliphatic rings. The second kappa shape index (κ2) is 2.88. The van der Waals surface area contributed by atoms with Crippen molar-refractivity contribution < 1.29 is 4.74 Å². The van der Waals surface area contributed by atoms with Crippen molar-refractivity contribution in [1.82, 2.24) is 0 Å². The van der Waals surface area contributed by atoms with Crippen LogP contribution in [0, 0.1) is 5.41 Å². The van der Waals surface area contributed by atoms with Crippen LogP contribution in [0.2, 0.25) is 0 Å². The third-order valence-corrected chi connectivity index (χ3v) is 3.58. The Morgan fingerprint density at radius 3 is 2.58 bits per heavy atom. The molecule has 0 bridgehead atoms. The van der Waals surface area contributed by atoms with Crippen LogP contribution >= 0.6 is 0 Å². The van der Waals surface area contributed by atoms with E-state index in [4.69, 9.17) is 4.74 Å². The van der Waals surface area contributed by atoms with Crippen molar-refractivity contribution >= 4 is 0 Å². The molecule has 68 valence electrons. The molecule has 0 aromatic rings. The van der Waals surface area contributed by atoms with Gasteiger partial charge < -0.3 is 4.74 Å². The maximum Gasteiger partial charge on any atom is 0.0526 e. The Hall–Kier alpha value is -0.300. The lowest BCUT2D eigenvalue weighted by Gasteiger charge is -2.33. The van der Waals surface area contributed by atoms with Crippen molar-refractivity contribution in [2.75, 3.05) is 13.2 Å². The fourth-order valence-corrected chi connectivity index (χ4v) is 2.45. The van der Waals surface area contributed by atoms with Gasteiger partial charge in [-0.3, -0.25) is 0 Å². The Labute approximate surface area is 74.8 Å². The van der Waals surface area contributed by atoms with Crippen molar-refractivity contribution in [1.29, 1.82) is 0 Å². The van der Waals surface area contributed by atoms with E-state index in [2.05, 4.69) is 13.8 Å². The highest BCUT2D eigenvalue weighted by atomic mass is 16.5. The normalized spacial score (nSPS) is 36.5. The summed E-state index contributed by atoms with van der Waals surface area (Å²) >= 11 is 0. The fourth-order valence-electron chi connectivity index (χ4n) is 2.45. The first-order chi connectivity index (χ1) is 5.72.